The molecule has 2 atom stereocenters. The summed E-state index contributed by atoms with van der Waals surface area (Å²) in [5, 5.41) is 5.56. The number of esters is 1. The third-order valence-corrected chi connectivity index (χ3v) is 4.24. The van der Waals surface area contributed by atoms with Gasteiger partial charge in [0, 0.05) is 20.3 Å². The zero-order chi connectivity index (χ0) is 18.7. The second-order valence-electron chi connectivity index (χ2n) is 6.89. The molecular formula is C19H22N2O5. The fraction of sp³-hybridized carbons (Fsp3) is 0.421. The van der Waals surface area contributed by atoms with Crippen molar-refractivity contribution in [1.29, 1.82) is 0 Å². The maximum atomic E-state index is 12.2. The Balaban J connectivity index is 1.51. The van der Waals surface area contributed by atoms with E-state index in [1.807, 2.05) is 30.3 Å². The molecule has 1 aromatic carbocycles. The third kappa shape index (κ3) is 4.41. The average Bonchev–Trinajstić information content (AvgIpc) is 2.55. The Morgan fingerprint density at radius 2 is 1.92 bits per heavy atom. The molecule has 2 amide bonds. The fourth-order valence-corrected chi connectivity index (χ4v) is 3.04. The van der Waals surface area contributed by atoms with Crippen LogP contribution in [-0.4, -0.2) is 35.7 Å². The van der Waals surface area contributed by atoms with Crippen LogP contribution in [0.2, 0.25) is 0 Å². The van der Waals surface area contributed by atoms with Crippen LogP contribution >= 0.6 is 0 Å². The number of β-lactam (4-membered cyclic amide) rings is 1. The van der Waals surface area contributed by atoms with E-state index in [4.69, 9.17) is 9.47 Å². The summed E-state index contributed by atoms with van der Waals surface area (Å²) < 4.78 is 10.6. The molecule has 2 aliphatic heterocycles. The van der Waals surface area contributed by atoms with Crippen LogP contribution in [0.1, 0.15) is 32.3 Å². The smallest absolute Gasteiger partial charge is 0.337 e. The molecule has 7 heteroatoms. The maximum absolute atomic E-state index is 12.2. The third-order valence-electron chi connectivity index (χ3n) is 4.24. The van der Waals surface area contributed by atoms with Crippen molar-refractivity contribution in [3.63, 3.8) is 0 Å². The highest BCUT2D eigenvalue weighted by atomic mass is 16.7. The highest BCUT2D eigenvalue weighted by molar-refractivity contribution is 5.93. The van der Waals surface area contributed by atoms with Crippen molar-refractivity contribution in [3.05, 3.63) is 47.7 Å². The number of amides is 2. The second kappa shape index (κ2) is 7.19. The quantitative estimate of drug-likeness (QED) is 0.588. The lowest BCUT2D eigenvalue weighted by Crippen LogP contribution is -2.69. The van der Waals surface area contributed by atoms with Gasteiger partial charge in [0.2, 0.25) is 17.6 Å². The van der Waals surface area contributed by atoms with Gasteiger partial charge in [0.1, 0.15) is 11.8 Å². The molecule has 0 unspecified atom stereocenters. The van der Waals surface area contributed by atoms with Crippen LogP contribution in [0.25, 0.3) is 0 Å². The summed E-state index contributed by atoms with van der Waals surface area (Å²) in [6.45, 7) is 3.32. The van der Waals surface area contributed by atoms with E-state index >= 15 is 0 Å². The zero-order valence-electron chi connectivity index (χ0n) is 14.8. The van der Waals surface area contributed by atoms with Crippen LogP contribution in [-0.2, 0) is 30.3 Å². The minimum atomic E-state index is -0.993. The second-order valence-corrected chi connectivity index (χ2v) is 6.89. The van der Waals surface area contributed by atoms with Gasteiger partial charge in [0.05, 0.1) is 18.5 Å². The van der Waals surface area contributed by atoms with Crippen molar-refractivity contribution in [2.24, 2.45) is 0 Å². The van der Waals surface area contributed by atoms with E-state index in [1.54, 1.807) is 13.8 Å². The van der Waals surface area contributed by atoms with Crippen molar-refractivity contribution in [3.8, 4) is 0 Å². The number of ether oxygens (including phenoxy) is 2. The van der Waals surface area contributed by atoms with Gasteiger partial charge in [-0.15, -0.1) is 0 Å². The Morgan fingerprint density at radius 3 is 2.58 bits per heavy atom. The van der Waals surface area contributed by atoms with Gasteiger partial charge in [-0.3, -0.25) is 9.59 Å². The van der Waals surface area contributed by atoms with E-state index in [1.165, 1.54) is 6.08 Å². The highest BCUT2D eigenvalue weighted by Gasteiger charge is 2.40. The van der Waals surface area contributed by atoms with E-state index in [0.717, 1.165) is 5.56 Å². The van der Waals surface area contributed by atoms with Gasteiger partial charge in [-0.25, -0.2) is 4.79 Å². The SMILES string of the molecule is CC1(C)OC(=O)C=C(CC[C@H]2NC(=O)[C@@H]2NC(=O)Cc2ccccc2)O1. The molecule has 1 aromatic rings. The van der Waals surface area contributed by atoms with E-state index in [9.17, 15) is 14.4 Å². The molecular weight excluding hydrogens is 336 g/mol. The lowest BCUT2D eigenvalue weighted by Gasteiger charge is -2.38. The Bertz CT molecular complexity index is 742. The summed E-state index contributed by atoms with van der Waals surface area (Å²) in [7, 11) is 0. The molecule has 2 heterocycles. The number of hydrogen-bond donors (Lipinski definition) is 2. The maximum Gasteiger partial charge on any atom is 0.337 e. The van der Waals surface area contributed by atoms with E-state index in [0.29, 0.717) is 18.6 Å². The molecule has 26 heavy (non-hydrogen) atoms. The number of allylic oxidation sites excluding steroid dienone is 1. The number of rotatable bonds is 6. The Kier molecular flexibility index (Phi) is 4.97. The molecule has 7 nitrogen and oxygen atoms in total. The van der Waals surface area contributed by atoms with Crippen LogP contribution in [0.15, 0.2) is 42.2 Å². The minimum absolute atomic E-state index is 0.187. The molecule has 0 aliphatic carbocycles. The largest absolute Gasteiger partial charge is 0.457 e. The monoisotopic (exact) mass is 358 g/mol. The van der Waals surface area contributed by atoms with Crippen LogP contribution < -0.4 is 10.6 Å². The topological polar surface area (TPSA) is 93.7 Å². The normalized spacial score (nSPS) is 23.7. The molecule has 2 aliphatic rings. The number of benzene rings is 1. The van der Waals surface area contributed by atoms with E-state index in [-0.39, 0.29) is 24.3 Å². The van der Waals surface area contributed by atoms with Crippen molar-refractivity contribution in [2.75, 3.05) is 0 Å². The minimum Gasteiger partial charge on any atom is -0.457 e. The summed E-state index contributed by atoms with van der Waals surface area (Å²) in [4.78, 5) is 35.5. The predicted octanol–water partition coefficient (Wildman–Crippen LogP) is 1.19. The van der Waals surface area contributed by atoms with Gasteiger partial charge in [-0.05, 0) is 12.0 Å². The number of nitrogens with one attached hydrogen (secondary N) is 2. The molecule has 0 bridgehead atoms. The summed E-state index contributed by atoms with van der Waals surface area (Å²) in [6.07, 6.45) is 2.56. The Labute approximate surface area is 151 Å². The van der Waals surface area contributed by atoms with Crippen molar-refractivity contribution in [2.45, 2.75) is 51.0 Å². The number of cyclic esters (lactones) is 1. The summed E-state index contributed by atoms with van der Waals surface area (Å²) in [5.74, 6) is -1.31. The number of hydrogen-bond acceptors (Lipinski definition) is 5. The summed E-state index contributed by atoms with van der Waals surface area (Å²) in [6, 6.07) is 8.60. The van der Waals surface area contributed by atoms with Crippen molar-refractivity contribution in [1.82, 2.24) is 10.6 Å². The molecule has 0 radical (unpaired) electrons. The Hall–Kier alpha value is -2.83. The summed E-state index contributed by atoms with van der Waals surface area (Å²) >= 11 is 0. The zero-order valence-corrected chi connectivity index (χ0v) is 14.8. The lowest BCUT2D eigenvalue weighted by molar-refractivity contribution is -0.206. The summed E-state index contributed by atoms with van der Waals surface area (Å²) in [5.41, 5.74) is 0.891. The highest BCUT2D eigenvalue weighted by Crippen LogP contribution is 2.26. The van der Waals surface area contributed by atoms with Gasteiger partial charge in [0.25, 0.3) is 0 Å². The molecule has 0 saturated carbocycles. The first-order valence-corrected chi connectivity index (χ1v) is 8.59. The standard InChI is InChI=1S/C19H22N2O5/c1-19(2)25-13(11-16(23)26-19)8-9-14-17(18(24)20-14)21-15(22)10-12-6-4-3-5-7-12/h3-7,11,14,17H,8-10H2,1-2H3,(H,20,24)(H,21,22)/t14-,17-/m1/s1. The molecule has 0 spiro atoms. The first-order chi connectivity index (χ1) is 12.3. The molecule has 2 N–H and O–H groups in total. The number of carbonyl (C=O) groups excluding carboxylic acids is 3. The lowest BCUT2D eigenvalue weighted by atomic mass is 9.93. The first-order valence-electron chi connectivity index (χ1n) is 8.59. The average molecular weight is 358 g/mol. The van der Waals surface area contributed by atoms with Gasteiger partial charge < -0.3 is 20.1 Å². The Morgan fingerprint density at radius 1 is 1.19 bits per heavy atom. The van der Waals surface area contributed by atoms with Crippen molar-refractivity contribution < 1.29 is 23.9 Å². The van der Waals surface area contributed by atoms with Gasteiger partial charge in [0.15, 0.2) is 0 Å². The van der Waals surface area contributed by atoms with Crippen LogP contribution in [0.3, 0.4) is 0 Å². The van der Waals surface area contributed by atoms with Gasteiger partial charge >= 0.3 is 5.97 Å². The van der Waals surface area contributed by atoms with E-state index < -0.39 is 17.8 Å². The van der Waals surface area contributed by atoms with Gasteiger partial charge in [-0.1, -0.05) is 30.3 Å². The predicted molar refractivity (Wildman–Crippen MR) is 92.6 cm³/mol. The van der Waals surface area contributed by atoms with Gasteiger partial charge in [-0.2, -0.15) is 0 Å². The van der Waals surface area contributed by atoms with E-state index in [2.05, 4.69) is 10.6 Å². The number of carbonyl (C=O) groups is 3. The van der Waals surface area contributed by atoms with Crippen LogP contribution in [0.5, 0.6) is 0 Å². The van der Waals surface area contributed by atoms with Crippen LogP contribution in [0.4, 0.5) is 0 Å². The first kappa shape index (κ1) is 18.0. The molecule has 138 valence electrons. The molecule has 1 fully saturated rings. The molecule has 3 rings (SSSR count). The molecule has 0 aromatic heterocycles. The van der Waals surface area contributed by atoms with Crippen molar-refractivity contribution >= 4 is 17.8 Å². The molecule has 1 saturated heterocycles. The van der Waals surface area contributed by atoms with Crippen LogP contribution in [0, 0.1) is 0 Å². The fourth-order valence-electron chi connectivity index (χ4n) is 3.04.